The Bertz CT molecular complexity index is 666. The number of nitrogens with zero attached hydrogens (tertiary/aromatic N) is 2. The molecule has 0 aromatic carbocycles. The molecule has 2 N–H and O–H groups in total. The molecule has 0 bridgehead atoms. The monoisotopic (exact) mass is 339 g/mol. The predicted molar refractivity (Wildman–Crippen MR) is 91.3 cm³/mol. The number of rotatable bonds is 7. The van der Waals surface area contributed by atoms with Gasteiger partial charge in [0, 0.05) is 30.7 Å². The number of amides is 1. The van der Waals surface area contributed by atoms with Crippen LogP contribution < -0.4 is 5.32 Å². The third-order valence-electron chi connectivity index (χ3n) is 3.11. The fourth-order valence-corrected chi connectivity index (χ4v) is 2.99. The Morgan fingerprint density at radius 2 is 2.41 bits per heavy atom. The smallest absolute Gasteiger partial charge is 0.244 e. The largest absolute Gasteiger partial charge is 0.396 e. The van der Waals surface area contributed by atoms with Crippen LogP contribution in [0.2, 0.25) is 5.15 Å². The summed E-state index contributed by atoms with van der Waals surface area (Å²) in [5.74, 6) is 0.547. The van der Waals surface area contributed by atoms with E-state index in [9.17, 15) is 4.79 Å². The van der Waals surface area contributed by atoms with Crippen LogP contribution in [0.1, 0.15) is 12.1 Å². The van der Waals surface area contributed by atoms with Crippen molar-refractivity contribution < 1.29 is 9.90 Å². The topological polar surface area (TPSA) is 66.6 Å². The maximum absolute atomic E-state index is 12.0. The molecule has 0 saturated carbocycles. The molecule has 2 heterocycles. The maximum Gasteiger partial charge on any atom is 0.244 e. The number of aliphatic hydroxyl groups is 1. The maximum atomic E-state index is 12.0. The van der Waals surface area contributed by atoms with Crippen molar-refractivity contribution in [1.82, 2.24) is 14.7 Å². The summed E-state index contributed by atoms with van der Waals surface area (Å²) in [5.41, 5.74) is 1.39. The third-order valence-corrected chi connectivity index (χ3v) is 4.12. The summed E-state index contributed by atoms with van der Waals surface area (Å²) in [6.45, 7) is 0.0499. The molecule has 7 heteroatoms. The van der Waals surface area contributed by atoms with Crippen molar-refractivity contribution in [2.75, 3.05) is 18.6 Å². The molecule has 22 heavy (non-hydrogen) atoms. The van der Waals surface area contributed by atoms with Crippen molar-refractivity contribution in [3.8, 4) is 0 Å². The third kappa shape index (κ3) is 4.25. The van der Waals surface area contributed by atoms with E-state index >= 15 is 0 Å². The SMILES string of the molecule is CSCC(CCO)NC(=O)/C=C/c1c(Cl)nc2ccccn12. The standard InChI is InChI=1S/C15H18ClN3O2S/c1-22-10-11(7-9-20)17-14(21)6-5-12-15(16)18-13-4-2-3-8-19(12)13/h2-6,8,11,20H,7,9-10H2,1H3,(H,17,21)/b6-5+. The van der Waals surface area contributed by atoms with Crippen molar-refractivity contribution in [2.24, 2.45) is 0 Å². The molecule has 118 valence electrons. The van der Waals surface area contributed by atoms with Crippen LogP contribution in [0.15, 0.2) is 30.5 Å². The van der Waals surface area contributed by atoms with E-state index in [1.807, 2.05) is 35.1 Å². The van der Waals surface area contributed by atoms with E-state index in [0.29, 0.717) is 17.3 Å². The first-order valence-electron chi connectivity index (χ1n) is 6.86. The summed E-state index contributed by atoms with van der Waals surface area (Å²) in [6.07, 6.45) is 7.43. The zero-order chi connectivity index (χ0) is 15.9. The van der Waals surface area contributed by atoms with E-state index in [-0.39, 0.29) is 18.6 Å². The van der Waals surface area contributed by atoms with Crippen molar-refractivity contribution >= 4 is 41.0 Å². The summed E-state index contributed by atoms with van der Waals surface area (Å²) in [6, 6.07) is 5.55. The minimum atomic E-state index is -0.213. The van der Waals surface area contributed by atoms with Gasteiger partial charge in [0.05, 0.1) is 5.69 Å². The highest BCUT2D eigenvalue weighted by molar-refractivity contribution is 7.98. The Kier molecular flexibility index (Phi) is 6.30. The Morgan fingerprint density at radius 1 is 1.59 bits per heavy atom. The quantitative estimate of drug-likeness (QED) is 0.759. The summed E-state index contributed by atoms with van der Waals surface area (Å²) in [5, 5.41) is 12.2. The number of halogens is 1. The molecular formula is C15H18ClN3O2S. The first-order valence-corrected chi connectivity index (χ1v) is 8.64. The molecule has 0 radical (unpaired) electrons. The van der Waals surface area contributed by atoms with Gasteiger partial charge >= 0.3 is 0 Å². The number of hydrogen-bond donors (Lipinski definition) is 2. The molecular weight excluding hydrogens is 322 g/mol. The lowest BCUT2D eigenvalue weighted by Gasteiger charge is -2.15. The second kappa shape index (κ2) is 8.22. The Hall–Kier alpha value is -1.50. The minimum Gasteiger partial charge on any atom is -0.396 e. The Labute approximate surface area is 138 Å². The molecule has 1 unspecified atom stereocenters. The van der Waals surface area contributed by atoms with Gasteiger partial charge in [-0.2, -0.15) is 11.8 Å². The molecule has 2 aromatic heterocycles. The highest BCUT2D eigenvalue weighted by atomic mass is 35.5. The highest BCUT2D eigenvalue weighted by Crippen LogP contribution is 2.18. The fraction of sp³-hybridized carbons (Fsp3) is 0.333. The van der Waals surface area contributed by atoms with E-state index in [1.54, 1.807) is 17.8 Å². The summed E-state index contributed by atoms with van der Waals surface area (Å²) in [4.78, 5) is 16.2. The molecule has 0 spiro atoms. The van der Waals surface area contributed by atoms with E-state index < -0.39 is 0 Å². The number of pyridine rings is 1. The van der Waals surface area contributed by atoms with Crippen LogP contribution in [-0.4, -0.2) is 45.1 Å². The Morgan fingerprint density at radius 3 is 3.14 bits per heavy atom. The zero-order valence-electron chi connectivity index (χ0n) is 12.2. The number of nitrogens with one attached hydrogen (secondary N) is 1. The lowest BCUT2D eigenvalue weighted by atomic mass is 10.2. The summed E-state index contributed by atoms with van der Waals surface area (Å²) < 4.78 is 1.82. The molecule has 5 nitrogen and oxygen atoms in total. The van der Waals surface area contributed by atoms with Gasteiger partial charge in [0.2, 0.25) is 5.91 Å². The summed E-state index contributed by atoms with van der Waals surface area (Å²) >= 11 is 7.73. The van der Waals surface area contributed by atoms with E-state index in [1.165, 1.54) is 6.08 Å². The molecule has 0 aliphatic heterocycles. The van der Waals surface area contributed by atoms with Gasteiger partial charge in [0.1, 0.15) is 5.65 Å². The van der Waals surface area contributed by atoms with E-state index in [0.717, 1.165) is 11.4 Å². The molecule has 0 fully saturated rings. The highest BCUT2D eigenvalue weighted by Gasteiger charge is 2.10. The second-order valence-electron chi connectivity index (χ2n) is 4.72. The fourth-order valence-electron chi connectivity index (χ4n) is 2.09. The molecule has 1 amide bonds. The first kappa shape index (κ1) is 16.9. The molecule has 2 rings (SSSR count). The van der Waals surface area contributed by atoms with E-state index in [2.05, 4.69) is 10.3 Å². The van der Waals surface area contributed by atoms with Crippen LogP contribution >= 0.6 is 23.4 Å². The second-order valence-corrected chi connectivity index (χ2v) is 5.99. The van der Waals surface area contributed by atoms with Crippen LogP contribution in [0.4, 0.5) is 0 Å². The normalized spacial score (nSPS) is 12.9. The number of carbonyl (C=O) groups is 1. The number of carbonyl (C=O) groups excluding carboxylic acids is 1. The number of aliphatic hydroxyl groups excluding tert-OH is 1. The molecule has 0 aliphatic carbocycles. The minimum absolute atomic E-state index is 0.0465. The number of imidazole rings is 1. The lowest BCUT2D eigenvalue weighted by Crippen LogP contribution is -2.36. The number of aromatic nitrogens is 2. The predicted octanol–water partition coefficient (Wildman–Crippen LogP) is 2.23. The van der Waals surface area contributed by atoms with Gasteiger partial charge in [-0.1, -0.05) is 17.7 Å². The molecule has 0 saturated heterocycles. The average molecular weight is 340 g/mol. The van der Waals surface area contributed by atoms with Gasteiger partial charge in [0.25, 0.3) is 0 Å². The van der Waals surface area contributed by atoms with Crippen molar-refractivity contribution in [3.63, 3.8) is 0 Å². The number of thioether (sulfide) groups is 1. The van der Waals surface area contributed by atoms with Crippen molar-refractivity contribution in [2.45, 2.75) is 12.5 Å². The van der Waals surface area contributed by atoms with Crippen molar-refractivity contribution in [1.29, 1.82) is 0 Å². The van der Waals surface area contributed by atoms with Crippen LogP contribution in [0, 0.1) is 0 Å². The van der Waals surface area contributed by atoms with Gasteiger partial charge in [-0.15, -0.1) is 0 Å². The Balaban J connectivity index is 2.09. The van der Waals surface area contributed by atoms with Gasteiger partial charge in [0.15, 0.2) is 5.15 Å². The van der Waals surface area contributed by atoms with E-state index in [4.69, 9.17) is 16.7 Å². The van der Waals surface area contributed by atoms with Crippen LogP contribution in [0.5, 0.6) is 0 Å². The summed E-state index contributed by atoms with van der Waals surface area (Å²) in [7, 11) is 0. The van der Waals surface area contributed by atoms with Crippen molar-refractivity contribution in [3.05, 3.63) is 41.3 Å². The van der Waals surface area contributed by atoms with Crippen LogP contribution in [0.3, 0.4) is 0 Å². The van der Waals surface area contributed by atoms with Gasteiger partial charge in [-0.05, 0) is 30.9 Å². The lowest BCUT2D eigenvalue weighted by molar-refractivity contribution is -0.117. The van der Waals surface area contributed by atoms with Gasteiger partial charge in [-0.3, -0.25) is 9.20 Å². The average Bonchev–Trinajstić information content (AvgIpc) is 2.81. The van der Waals surface area contributed by atoms with Gasteiger partial charge < -0.3 is 10.4 Å². The number of fused-ring (bicyclic) bond motifs is 1. The molecule has 2 aromatic rings. The van der Waals surface area contributed by atoms with Crippen LogP contribution in [-0.2, 0) is 4.79 Å². The molecule has 1 atom stereocenters. The zero-order valence-corrected chi connectivity index (χ0v) is 13.8. The molecule has 0 aliphatic rings. The van der Waals surface area contributed by atoms with Gasteiger partial charge in [-0.25, -0.2) is 4.98 Å². The van der Waals surface area contributed by atoms with Crippen LogP contribution in [0.25, 0.3) is 11.7 Å². The first-order chi connectivity index (χ1) is 10.7. The number of hydrogen-bond acceptors (Lipinski definition) is 4.